The first-order valence-corrected chi connectivity index (χ1v) is 8.68. The van der Waals surface area contributed by atoms with Gasteiger partial charge in [0.05, 0.1) is 20.4 Å². The van der Waals surface area contributed by atoms with E-state index in [1.807, 2.05) is 0 Å². The summed E-state index contributed by atoms with van der Waals surface area (Å²) in [5.41, 5.74) is 0.507. The minimum Gasteiger partial charge on any atom is -0.282 e. The van der Waals surface area contributed by atoms with Crippen molar-refractivity contribution in [3.63, 3.8) is 0 Å². The molecule has 0 amide bonds. The molecule has 1 aromatic carbocycles. The molecule has 18 heavy (non-hydrogen) atoms. The Kier molecular flexibility index (Phi) is 4.56. The van der Waals surface area contributed by atoms with Gasteiger partial charge in [-0.15, -0.1) is 0 Å². The molecule has 1 saturated carbocycles. The summed E-state index contributed by atoms with van der Waals surface area (Å²) in [7, 11) is -3.31. The van der Waals surface area contributed by atoms with E-state index in [4.69, 9.17) is 11.6 Å². The first-order valence-electron chi connectivity index (χ1n) is 5.96. The normalized spacial score (nSPS) is 17.7. The van der Waals surface area contributed by atoms with Gasteiger partial charge >= 0.3 is 0 Å². The molecule has 0 radical (unpaired) electrons. The van der Waals surface area contributed by atoms with Crippen LogP contribution in [0.25, 0.3) is 0 Å². The Morgan fingerprint density at radius 3 is 2.56 bits per heavy atom. The first-order chi connectivity index (χ1) is 8.50. The SMILES string of the molecule is O=S(=O)(Nc1cccc(Cl)c1Br)C1CCCCC1. The van der Waals surface area contributed by atoms with Crippen molar-refractivity contribution < 1.29 is 8.42 Å². The average Bonchev–Trinajstić information content (AvgIpc) is 2.36. The highest BCUT2D eigenvalue weighted by atomic mass is 79.9. The molecule has 0 atom stereocenters. The molecule has 0 spiro atoms. The van der Waals surface area contributed by atoms with Gasteiger partial charge in [-0.3, -0.25) is 4.72 Å². The van der Waals surface area contributed by atoms with E-state index < -0.39 is 10.0 Å². The summed E-state index contributed by atoms with van der Waals surface area (Å²) in [5.74, 6) is 0. The molecular formula is C12H15BrClNO2S. The van der Waals surface area contributed by atoms with Crippen molar-refractivity contribution in [2.75, 3.05) is 4.72 Å². The molecule has 3 nitrogen and oxygen atoms in total. The van der Waals surface area contributed by atoms with Crippen molar-refractivity contribution >= 4 is 43.2 Å². The van der Waals surface area contributed by atoms with Crippen LogP contribution in [0.5, 0.6) is 0 Å². The van der Waals surface area contributed by atoms with E-state index in [0.717, 1.165) is 32.1 Å². The van der Waals surface area contributed by atoms with Crippen LogP contribution in [0, 0.1) is 0 Å². The smallest absolute Gasteiger partial charge is 0.235 e. The van der Waals surface area contributed by atoms with Crippen molar-refractivity contribution in [3.05, 3.63) is 27.7 Å². The highest BCUT2D eigenvalue weighted by Crippen LogP contribution is 2.32. The maximum Gasteiger partial charge on any atom is 0.235 e. The summed E-state index contributed by atoms with van der Waals surface area (Å²) in [6.07, 6.45) is 4.60. The fraction of sp³-hybridized carbons (Fsp3) is 0.500. The van der Waals surface area contributed by atoms with Crippen LogP contribution in [0.2, 0.25) is 5.02 Å². The molecule has 0 bridgehead atoms. The molecule has 0 aliphatic heterocycles. The Morgan fingerprint density at radius 2 is 1.89 bits per heavy atom. The molecule has 0 heterocycles. The number of hydrogen-bond donors (Lipinski definition) is 1. The largest absolute Gasteiger partial charge is 0.282 e. The van der Waals surface area contributed by atoms with Crippen LogP contribution in [0.1, 0.15) is 32.1 Å². The van der Waals surface area contributed by atoms with Gasteiger partial charge in [0, 0.05) is 0 Å². The lowest BCUT2D eigenvalue weighted by atomic mass is 10.0. The number of hydrogen-bond acceptors (Lipinski definition) is 2. The predicted molar refractivity (Wildman–Crippen MR) is 78.6 cm³/mol. The highest BCUT2D eigenvalue weighted by Gasteiger charge is 2.27. The summed E-state index contributed by atoms with van der Waals surface area (Å²) in [5, 5.41) is 0.218. The van der Waals surface area contributed by atoms with E-state index >= 15 is 0 Å². The van der Waals surface area contributed by atoms with Crippen LogP contribution in [0.4, 0.5) is 5.69 Å². The molecule has 1 aliphatic rings. The number of rotatable bonds is 3. The quantitative estimate of drug-likeness (QED) is 0.887. The maximum absolute atomic E-state index is 12.2. The molecule has 6 heteroatoms. The Bertz CT molecular complexity index is 527. The lowest BCUT2D eigenvalue weighted by molar-refractivity contribution is 0.486. The second kappa shape index (κ2) is 5.80. The van der Waals surface area contributed by atoms with Crippen LogP contribution in [-0.4, -0.2) is 13.7 Å². The predicted octanol–water partition coefficient (Wildman–Crippen LogP) is 4.18. The minimum absolute atomic E-state index is 0.280. The molecule has 1 fully saturated rings. The van der Waals surface area contributed by atoms with Gasteiger partial charge < -0.3 is 0 Å². The van der Waals surface area contributed by atoms with Crippen LogP contribution < -0.4 is 4.72 Å². The summed E-state index contributed by atoms with van der Waals surface area (Å²) < 4.78 is 27.7. The number of sulfonamides is 1. The summed E-state index contributed by atoms with van der Waals surface area (Å²) in [4.78, 5) is 0. The van der Waals surface area contributed by atoms with E-state index in [1.54, 1.807) is 18.2 Å². The summed E-state index contributed by atoms with van der Waals surface area (Å²) >= 11 is 9.24. The minimum atomic E-state index is -3.31. The van der Waals surface area contributed by atoms with Crippen molar-refractivity contribution in [3.8, 4) is 0 Å². The van der Waals surface area contributed by atoms with Gasteiger partial charge in [-0.2, -0.15) is 0 Å². The Balaban J connectivity index is 2.19. The molecule has 2 rings (SSSR count). The zero-order valence-electron chi connectivity index (χ0n) is 9.83. The van der Waals surface area contributed by atoms with Gasteiger partial charge in [-0.05, 0) is 40.9 Å². The number of halogens is 2. The van der Waals surface area contributed by atoms with Crippen LogP contribution in [-0.2, 0) is 10.0 Å². The van der Waals surface area contributed by atoms with Gasteiger partial charge in [0.2, 0.25) is 10.0 Å². The lowest BCUT2D eigenvalue weighted by Gasteiger charge is -2.22. The molecule has 0 aromatic heterocycles. The molecular weight excluding hydrogens is 338 g/mol. The number of anilines is 1. The fourth-order valence-electron chi connectivity index (χ4n) is 2.19. The zero-order chi connectivity index (χ0) is 13.2. The topological polar surface area (TPSA) is 46.2 Å². The monoisotopic (exact) mass is 351 g/mol. The van der Waals surface area contributed by atoms with Crippen molar-refractivity contribution in [2.45, 2.75) is 37.4 Å². The Hall–Kier alpha value is -0.260. The Morgan fingerprint density at radius 1 is 1.22 bits per heavy atom. The van der Waals surface area contributed by atoms with Crippen molar-refractivity contribution in [2.24, 2.45) is 0 Å². The van der Waals surface area contributed by atoms with Crippen molar-refractivity contribution in [1.82, 2.24) is 0 Å². The van der Waals surface area contributed by atoms with Crippen LogP contribution in [0.15, 0.2) is 22.7 Å². The average molecular weight is 353 g/mol. The number of benzene rings is 1. The highest BCUT2D eigenvalue weighted by molar-refractivity contribution is 9.10. The van der Waals surface area contributed by atoms with Gasteiger partial charge in [-0.25, -0.2) is 8.42 Å². The van der Waals surface area contributed by atoms with Gasteiger partial charge in [0.25, 0.3) is 0 Å². The molecule has 100 valence electrons. The zero-order valence-corrected chi connectivity index (χ0v) is 13.0. The van der Waals surface area contributed by atoms with E-state index in [1.165, 1.54) is 0 Å². The van der Waals surface area contributed by atoms with Gasteiger partial charge in [0.1, 0.15) is 0 Å². The third-order valence-corrected chi connectivity index (χ3v) is 6.45. The number of nitrogens with one attached hydrogen (secondary N) is 1. The molecule has 0 unspecified atom stereocenters. The lowest BCUT2D eigenvalue weighted by Crippen LogP contribution is -2.29. The molecule has 0 saturated heterocycles. The summed E-state index contributed by atoms with van der Waals surface area (Å²) in [6.45, 7) is 0. The maximum atomic E-state index is 12.2. The fourth-order valence-corrected chi connectivity index (χ4v) is 4.46. The summed E-state index contributed by atoms with van der Waals surface area (Å²) in [6, 6.07) is 5.15. The second-order valence-electron chi connectivity index (χ2n) is 4.51. The van der Waals surface area contributed by atoms with Crippen LogP contribution in [0.3, 0.4) is 0 Å². The first kappa shape index (κ1) is 14.2. The second-order valence-corrected chi connectivity index (χ2v) is 7.67. The van der Waals surface area contributed by atoms with E-state index in [0.29, 0.717) is 15.2 Å². The molecule has 1 aromatic rings. The molecule has 1 N–H and O–H groups in total. The van der Waals surface area contributed by atoms with Gasteiger partial charge in [-0.1, -0.05) is 36.9 Å². The third kappa shape index (κ3) is 3.19. The van der Waals surface area contributed by atoms with E-state index in [9.17, 15) is 8.42 Å². The standard InChI is InChI=1S/C12H15BrClNO2S/c13-12-10(14)7-4-8-11(12)15-18(16,17)9-5-2-1-3-6-9/h4,7-9,15H,1-3,5-6H2. The van der Waals surface area contributed by atoms with Crippen molar-refractivity contribution in [1.29, 1.82) is 0 Å². The van der Waals surface area contributed by atoms with Gasteiger partial charge in [0.15, 0.2) is 0 Å². The third-order valence-electron chi connectivity index (χ3n) is 3.19. The Labute approximate surface area is 121 Å². The molecule has 1 aliphatic carbocycles. The van der Waals surface area contributed by atoms with Crippen LogP contribution >= 0.6 is 27.5 Å². The van der Waals surface area contributed by atoms with E-state index in [-0.39, 0.29) is 5.25 Å². The van der Waals surface area contributed by atoms with E-state index in [2.05, 4.69) is 20.7 Å².